The number of carboxylic acids is 1. The van der Waals surface area contributed by atoms with E-state index in [1.165, 1.54) is 26.5 Å². The van der Waals surface area contributed by atoms with Crippen molar-refractivity contribution in [1.82, 2.24) is 9.88 Å². The summed E-state index contributed by atoms with van der Waals surface area (Å²) in [7, 11) is 2.85. The molecule has 1 aliphatic heterocycles. The first-order valence-corrected chi connectivity index (χ1v) is 10.3. The number of aliphatic carboxylic acids is 1. The number of carbonyl (C=O) groups is 2. The Morgan fingerprint density at radius 2 is 2.28 bits per heavy atom. The van der Waals surface area contributed by atoms with Gasteiger partial charge in [0.25, 0.3) is 0 Å². The SMILES string of the molecule is C/C(CC#N)=C(/C(=O)O)N1C(=O)CC1SSc1nc2ccccc2s1. The van der Waals surface area contributed by atoms with Crippen molar-refractivity contribution in [1.29, 1.82) is 5.26 Å². The molecule has 0 radical (unpaired) electrons. The highest BCUT2D eigenvalue weighted by atomic mass is 33.1. The summed E-state index contributed by atoms with van der Waals surface area (Å²) in [5, 5.41) is 18.0. The first-order chi connectivity index (χ1) is 12.0. The molecule has 1 aromatic carbocycles. The van der Waals surface area contributed by atoms with E-state index in [9.17, 15) is 14.7 Å². The molecule has 0 saturated carbocycles. The van der Waals surface area contributed by atoms with E-state index < -0.39 is 5.97 Å². The summed E-state index contributed by atoms with van der Waals surface area (Å²) in [6.07, 6.45) is 0.257. The first-order valence-electron chi connectivity index (χ1n) is 7.32. The fourth-order valence-electron chi connectivity index (χ4n) is 2.41. The molecule has 9 heteroatoms. The number of carbonyl (C=O) groups excluding carboxylic acids is 1. The standard InChI is InChI=1S/C16H13N3O3S3/c1-9(6-7-17)14(15(21)22)19-12(20)8-13(19)24-25-16-18-10-4-2-3-5-11(10)23-16/h2-5,13H,6,8H2,1H3,(H,21,22)/b14-9+. The van der Waals surface area contributed by atoms with Crippen molar-refractivity contribution in [3.63, 3.8) is 0 Å². The molecule has 6 nitrogen and oxygen atoms in total. The van der Waals surface area contributed by atoms with Crippen molar-refractivity contribution >= 4 is 55.0 Å². The van der Waals surface area contributed by atoms with E-state index >= 15 is 0 Å². The van der Waals surface area contributed by atoms with Gasteiger partial charge in [0, 0.05) is 0 Å². The maximum absolute atomic E-state index is 12.0. The third kappa shape index (κ3) is 3.66. The normalized spacial score (nSPS) is 17.8. The molecule has 1 amide bonds. The zero-order valence-electron chi connectivity index (χ0n) is 13.1. The van der Waals surface area contributed by atoms with Crippen LogP contribution in [0.4, 0.5) is 0 Å². The van der Waals surface area contributed by atoms with Gasteiger partial charge in [0.2, 0.25) is 5.91 Å². The van der Waals surface area contributed by atoms with E-state index in [2.05, 4.69) is 4.98 Å². The molecule has 0 aliphatic carbocycles. The summed E-state index contributed by atoms with van der Waals surface area (Å²) in [5.41, 5.74) is 1.23. The number of β-lactam (4-membered cyclic amide) rings is 1. The van der Waals surface area contributed by atoms with Gasteiger partial charge in [-0.2, -0.15) is 5.26 Å². The number of carboxylic acid groups (broad SMARTS) is 1. The van der Waals surface area contributed by atoms with E-state index in [0.29, 0.717) is 5.57 Å². The molecule has 3 rings (SSSR count). The number of allylic oxidation sites excluding steroid dienone is 1. The number of hydrogen-bond donors (Lipinski definition) is 1. The second-order valence-corrected chi connectivity index (χ2v) is 8.97. The molecular weight excluding hydrogens is 378 g/mol. The molecule has 1 fully saturated rings. The zero-order chi connectivity index (χ0) is 18.0. The average Bonchev–Trinajstić information content (AvgIpc) is 2.98. The minimum Gasteiger partial charge on any atom is -0.477 e. The maximum atomic E-state index is 12.0. The summed E-state index contributed by atoms with van der Waals surface area (Å²) in [6.45, 7) is 1.57. The Labute approximate surface area is 155 Å². The molecule has 1 unspecified atom stereocenters. The van der Waals surface area contributed by atoms with E-state index in [1.807, 2.05) is 30.3 Å². The number of benzene rings is 1. The Morgan fingerprint density at radius 1 is 1.52 bits per heavy atom. The molecule has 128 valence electrons. The predicted octanol–water partition coefficient (Wildman–Crippen LogP) is 3.87. The van der Waals surface area contributed by atoms with Crippen molar-refractivity contribution in [3.8, 4) is 6.07 Å². The zero-order valence-corrected chi connectivity index (χ0v) is 15.6. The number of amides is 1. The van der Waals surface area contributed by atoms with Crippen molar-refractivity contribution in [3.05, 3.63) is 35.5 Å². The number of fused-ring (bicyclic) bond motifs is 1. The van der Waals surface area contributed by atoms with Gasteiger partial charge in [0.15, 0.2) is 4.34 Å². The van der Waals surface area contributed by atoms with E-state index in [4.69, 9.17) is 5.26 Å². The number of rotatable bonds is 6. The minimum atomic E-state index is -1.18. The van der Waals surface area contributed by atoms with Crippen LogP contribution in [-0.2, 0) is 9.59 Å². The lowest BCUT2D eigenvalue weighted by Gasteiger charge is -2.39. The van der Waals surface area contributed by atoms with Crippen LogP contribution in [0.1, 0.15) is 19.8 Å². The number of nitrogens with zero attached hydrogens (tertiary/aromatic N) is 3. The number of para-hydroxylation sites is 1. The third-order valence-electron chi connectivity index (χ3n) is 3.60. The van der Waals surface area contributed by atoms with Crippen molar-refractivity contribution < 1.29 is 14.7 Å². The molecule has 1 atom stereocenters. The lowest BCUT2D eigenvalue weighted by atomic mass is 10.1. The lowest BCUT2D eigenvalue weighted by molar-refractivity contribution is -0.145. The predicted molar refractivity (Wildman–Crippen MR) is 98.9 cm³/mol. The Balaban J connectivity index is 1.74. The summed E-state index contributed by atoms with van der Waals surface area (Å²) < 4.78 is 1.95. The van der Waals surface area contributed by atoms with Gasteiger partial charge in [-0.3, -0.25) is 9.69 Å². The summed E-state index contributed by atoms with van der Waals surface area (Å²) in [6, 6.07) is 9.75. The van der Waals surface area contributed by atoms with Gasteiger partial charge in [0.05, 0.1) is 29.1 Å². The van der Waals surface area contributed by atoms with Crippen molar-refractivity contribution in [2.45, 2.75) is 29.5 Å². The van der Waals surface area contributed by atoms with Crippen LogP contribution in [0.3, 0.4) is 0 Å². The summed E-state index contributed by atoms with van der Waals surface area (Å²) in [4.78, 5) is 29.3. The highest BCUT2D eigenvalue weighted by Crippen LogP contribution is 2.45. The fourth-order valence-corrected chi connectivity index (χ4v) is 6.17. The Kier molecular flexibility index (Phi) is 5.32. The highest BCUT2D eigenvalue weighted by Gasteiger charge is 2.42. The van der Waals surface area contributed by atoms with Crippen LogP contribution >= 0.6 is 32.9 Å². The Morgan fingerprint density at radius 3 is 2.92 bits per heavy atom. The van der Waals surface area contributed by atoms with Crippen LogP contribution < -0.4 is 0 Å². The van der Waals surface area contributed by atoms with E-state index in [-0.39, 0.29) is 29.8 Å². The smallest absolute Gasteiger partial charge is 0.352 e. The third-order valence-corrected chi connectivity index (χ3v) is 7.61. The summed E-state index contributed by atoms with van der Waals surface area (Å²) in [5.74, 6) is -1.42. The molecule has 25 heavy (non-hydrogen) atoms. The molecule has 1 aromatic heterocycles. The minimum absolute atomic E-state index is 0.0200. The van der Waals surface area contributed by atoms with Crippen LogP contribution in [0, 0.1) is 11.3 Å². The van der Waals surface area contributed by atoms with Crippen molar-refractivity contribution in [2.24, 2.45) is 0 Å². The molecule has 0 bridgehead atoms. The molecular formula is C16H13N3O3S3. The van der Waals surface area contributed by atoms with Crippen LogP contribution in [0.2, 0.25) is 0 Å². The number of likely N-dealkylation sites (tertiary alicyclic amines) is 1. The van der Waals surface area contributed by atoms with Gasteiger partial charge in [-0.25, -0.2) is 9.78 Å². The van der Waals surface area contributed by atoms with E-state index in [1.54, 1.807) is 18.3 Å². The Hall–Kier alpha value is -2.02. The summed E-state index contributed by atoms with van der Waals surface area (Å²) >= 11 is 1.56. The van der Waals surface area contributed by atoms with Crippen LogP contribution in [0.5, 0.6) is 0 Å². The van der Waals surface area contributed by atoms with Gasteiger partial charge in [-0.1, -0.05) is 22.9 Å². The van der Waals surface area contributed by atoms with Gasteiger partial charge < -0.3 is 5.11 Å². The number of hydrogen-bond acceptors (Lipinski definition) is 7. The molecule has 1 aliphatic rings. The lowest BCUT2D eigenvalue weighted by Crippen LogP contribution is -2.51. The number of thiazole rings is 1. The quantitative estimate of drug-likeness (QED) is 0.454. The maximum Gasteiger partial charge on any atom is 0.352 e. The van der Waals surface area contributed by atoms with Gasteiger partial charge in [-0.15, -0.1) is 11.3 Å². The largest absolute Gasteiger partial charge is 0.477 e. The topological polar surface area (TPSA) is 94.3 Å². The second-order valence-electron chi connectivity index (χ2n) is 5.32. The van der Waals surface area contributed by atoms with Gasteiger partial charge in [-0.05, 0) is 35.4 Å². The van der Waals surface area contributed by atoms with Crippen LogP contribution in [-0.4, -0.2) is 32.2 Å². The van der Waals surface area contributed by atoms with Crippen LogP contribution in [0.15, 0.2) is 39.9 Å². The number of nitriles is 1. The average molecular weight is 391 g/mol. The van der Waals surface area contributed by atoms with E-state index in [0.717, 1.165) is 14.6 Å². The molecule has 1 N–H and O–H groups in total. The second kappa shape index (κ2) is 7.47. The van der Waals surface area contributed by atoms with Gasteiger partial charge >= 0.3 is 5.97 Å². The fraction of sp³-hybridized carbons (Fsp3) is 0.250. The molecule has 1 saturated heterocycles. The van der Waals surface area contributed by atoms with Crippen molar-refractivity contribution in [2.75, 3.05) is 0 Å². The highest BCUT2D eigenvalue weighted by molar-refractivity contribution is 8.77. The molecule has 2 heterocycles. The number of aromatic nitrogens is 1. The first kappa shape index (κ1) is 17.8. The molecule has 0 spiro atoms. The Bertz CT molecular complexity index is 883. The monoisotopic (exact) mass is 391 g/mol. The molecule has 2 aromatic rings. The van der Waals surface area contributed by atoms with Crippen LogP contribution in [0.25, 0.3) is 10.2 Å². The van der Waals surface area contributed by atoms with Gasteiger partial charge in [0.1, 0.15) is 11.1 Å².